The van der Waals surface area contributed by atoms with E-state index in [0.29, 0.717) is 4.90 Å². The Hall–Kier alpha value is -0.532. The van der Waals surface area contributed by atoms with Crippen molar-refractivity contribution in [3.05, 3.63) is 23.8 Å². The molecule has 1 radical (unpaired) electrons. The van der Waals surface area contributed by atoms with Crippen LogP contribution in [0.15, 0.2) is 23.1 Å². The van der Waals surface area contributed by atoms with E-state index < -0.39 is 5.97 Å². The molecule has 1 aromatic carbocycles. The van der Waals surface area contributed by atoms with Gasteiger partial charge in [0.15, 0.2) is 0 Å². The number of benzene rings is 1. The molecule has 0 bridgehead atoms. The fourth-order valence-corrected chi connectivity index (χ4v) is 2.10. The minimum atomic E-state index is -0.935. The topological polar surface area (TPSA) is 37.3 Å². The van der Waals surface area contributed by atoms with Gasteiger partial charge in [-0.25, -0.2) is 0 Å². The van der Waals surface area contributed by atoms with Crippen LogP contribution in [-0.2, 0) is 0 Å². The second-order valence-electron chi connectivity index (χ2n) is 2.03. The average Bonchev–Trinajstić information content (AvgIpc) is 1.85. The molecule has 2 nitrogen and oxygen atoms in total. The van der Waals surface area contributed by atoms with Crippen molar-refractivity contribution in [2.75, 3.05) is 0 Å². The van der Waals surface area contributed by atoms with E-state index in [4.69, 9.17) is 17.7 Å². The Labute approximate surface area is 78.5 Å². The number of aromatic carboxylic acids is 1. The van der Waals surface area contributed by atoms with Gasteiger partial charge in [-0.2, -0.15) is 0 Å². The SMILES string of the molecule is O=C(O)c1c([S])cccc1[AsH2]. The molecular weight excluding hydrogens is 223 g/mol. The van der Waals surface area contributed by atoms with Crippen LogP contribution in [0.4, 0.5) is 0 Å². The second kappa shape index (κ2) is 3.24. The van der Waals surface area contributed by atoms with Gasteiger partial charge in [-0.1, -0.05) is 0 Å². The predicted octanol–water partition coefficient (Wildman–Crippen LogP) is 0.200. The number of hydrogen-bond acceptors (Lipinski definition) is 1. The van der Waals surface area contributed by atoms with Crippen molar-refractivity contribution in [1.29, 1.82) is 0 Å². The molecule has 0 fully saturated rings. The van der Waals surface area contributed by atoms with Gasteiger partial charge in [-0.15, -0.1) is 0 Å². The quantitative estimate of drug-likeness (QED) is 0.698. The van der Waals surface area contributed by atoms with Gasteiger partial charge in [0, 0.05) is 0 Å². The summed E-state index contributed by atoms with van der Waals surface area (Å²) in [5, 5.41) is 8.69. The zero-order valence-electron chi connectivity index (χ0n) is 5.57. The van der Waals surface area contributed by atoms with Crippen LogP contribution in [0.5, 0.6) is 0 Å². The summed E-state index contributed by atoms with van der Waals surface area (Å²) in [6.45, 7) is 0. The fraction of sp³-hybridized carbons (Fsp3) is 0. The molecule has 1 aromatic rings. The van der Waals surface area contributed by atoms with Crippen LogP contribution < -0.4 is 4.35 Å². The Morgan fingerprint density at radius 1 is 1.55 bits per heavy atom. The van der Waals surface area contributed by atoms with Crippen LogP contribution in [0.2, 0.25) is 0 Å². The number of carboxylic acids is 1. The first-order valence-corrected chi connectivity index (χ1v) is 4.53. The summed E-state index contributed by atoms with van der Waals surface area (Å²) in [7, 11) is 0. The summed E-state index contributed by atoms with van der Waals surface area (Å²) in [5.41, 5.74) is 0.266. The molecule has 0 heterocycles. The third kappa shape index (κ3) is 1.73. The summed E-state index contributed by atoms with van der Waals surface area (Å²) in [6, 6.07) is 5.16. The molecule has 4 heteroatoms. The summed E-state index contributed by atoms with van der Waals surface area (Å²) >= 11 is 6.13. The Bertz CT molecular complexity index is 278. The van der Waals surface area contributed by atoms with E-state index in [-0.39, 0.29) is 5.56 Å². The van der Waals surface area contributed by atoms with Crippen LogP contribution in [0.1, 0.15) is 10.4 Å². The molecular formula is C7H6AsO2S. The van der Waals surface area contributed by atoms with E-state index in [1.165, 1.54) is 16.9 Å². The minimum absolute atomic E-state index is 0.266. The van der Waals surface area contributed by atoms with Gasteiger partial charge in [0.1, 0.15) is 0 Å². The van der Waals surface area contributed by atoms with Gasteiger partial charge in [0.05, 0.1) is 0 Å². The average molecular weight is 229 g/mol. The second-order valence-corrected chi connectivity index (χ2v) is 3.77. The monoisotopic (exact) mass is 229 g/mol. The van der Waals surface area contributed by atoms with Crippen molar-refractivity contribution in [3.63, 3.8) is 0 Å². The maximum atomic E-state index is 10.6. The molecule has 1 N–H and O–H groups in total. The van der Waals surface area contributed by atoms with Crippen molar-refractivity contribution in [3.8, 4) is 0 Å². The van der Waals surface area contributed by atoms with E-state index in [1.807, 2.05) is 0 Å². The fourth-order valence-electron chi connectivity index (χ4n) is 0.777. The normalized spacial score (nSPS) is 9.55. The molecule has 0 aliphatic rings. The van der Waals surface area contributed by atoms with Crippen molar-refractivity contribution >= 4 is 39.8 Å². The van der Waals surface area contributed by atoms with Crippen LogP contribution in [0.25, 0.3) is 0 Å². The Kier molecular flexibility index (Phi) is 2.53. The van der Waals surface area contributed by atoms with E-state index in [0.717, 1.165) is 4.35 Å². The third-order valence-corrected chi connectivity index (χ3v) is 2.62. The number of hydrogen-bond donors (Lipinski definition) is 1. The molecule has 1 unspecified atom stereocenters. The maximum absolute atomic E-state index is 10.6. The summed E-state index contributed by atoms with van der Waals surface area (Å²) in [5.74, 6) is -0.935. The number of carboxylic acid groups (broad SMARTS) is 1. The van der Waals surface area contributed by atoms with E-state index in [9.17, 15) is 4.79 Å². The number of carbonyl (C=O) groups is 1. The Morgan fingerprint density at radius 3 is 2.55 bits per heavy atom. The zero-order valence-corrected chi connectivity index (χ0v) is 8.81. The predicted molar refractivity (Wildman–Crippen MR) is 47.4 cm³/mol. The first-order valence-electron chi connectivity index (χ1n) is 2.91. The van der Waals surface area contributed by atoms with Crippen LogP contribution >= 0.6 is 12.6 Å². The Morgan fingerprint density at radius 2 is 2.18 bits per heavy atom. The van der Waals surface area contributed by atoms with Gasteiger partial charge in [0.25, 0.3) is 0 Å². The van der Waals surface area contributed by atoms with E-state index in [1.54, 1.807) is 18.2 Å². The first kappa shape index (κ1) is 8.56. The van der Waals surface area contributed by atoms with E-state index >= 15 is 0 Å². The summed E-state index contributed by atoms with van der Waals surface area (Å²) in [4.78, 5) is 11.0. The molecule has 0 spiro atoms. The molecule has 57 valence electrons. The van der Waals surface area contributed by atoms with Crippen LogP contribution in [0.3, 0.4) is 0 Å². The summed E-state index contributed by atoms with van der Waals surface area (Å²) in [6.07, 6.45) is 0. The first-order chi connectivity index (χ1) is 5.13. The number of rotatable bonds is 1. The third-order valence-electron chi connectivity index (χ3n) is 1.27. The molecule has 11 heavy (non-hydrogen) atoms. The van der Waals surface area contributed by atoms with Gasteiger partial charge >= 0.3 is 78.4 Å². The van der Waals surface area contributed by atoms with Crippen molar-refractivity contribution in [2.45, 2.75) is 4.90 Å². The molecule has 0 amide bonds. The molecule has 0 saturated heterocycles. The van der Waals surface area contributed by atoms with Crippen molar-refractivity contribution in [1.82, 2.24) is 0 Å². The Balaban J connectivity index is 3.32. The molecule has 1 atom stereocenters. The van der Waals surface area contributed by atoms with Crippen LogP contribution in [-0.4, -0.2) is 27.9 Å². The molecule has 0 aliphatic heterocycles. The van der Waals surface area contributed by atoms with Gasteiger partial charge in [-0.05, 0) is 0 Å². The van der Waals surface area contributed by atoms with Crippen molar-refractivity contribution < 1.29 is 9.90 Å². The molecule has 1 rings (SSSR count). The van der Waals surface area contributed by atoms with Gasteiger partial charge in [-0.3, -0.25) is 0 Å². The summed E-state index contributed by atoms with van der Waals surface area (Å²) < 4.78 is 0.775. The van der Waals surface area contributed by atoms with Gasteiger partial charge in [0.2, 0.25) is 0 Å². The standard InChI is InChI=1S/C7H6AsO2S/c8-4-2-1-3-5(11)6(4)7(9)10/h1-3H,8H2,(H,9,10). The van der Waals surface area contributed by atoms with Crippen LogP contribution in [0, 0.1) is 0 Å². The van der Waals surface area contributed by atoms with Gasteiger partial charge < -0.3 is 0 Å². The van der Waals surface area contributed by atoms with Crippen molar-refractivity contribution in [2.24, 2.45) is 0 Å². The molecule has 0 aliphatic carbocycles. The molecule has 0 saturated carbocycles. The molecule has 0 aromatic heterocycles. The zero-order chi connectivity index (χ0) is 8.43. The van der Waals surface area contributed by atoms with E-state index in [2.05, 4.69) is 0 Å².